The van der Waals surface area contributed by atoms with Crippen LogP contribution in [0.1, 0.15) is 5.56 Å². The van der Waals surface area contributed by atoms with E-state index in [1.807, 2.05) is 12.1 Å². The molecule has 0 bridgehead atoms. The number of amides is 2. The van der Waals surface area contributed by atoms with Gasteiger partial charge in [0.1, 0.15) is 5.82 Å². The number of carbonyl (C=O) groups is 1. The molecular weight excluding hydrogens is 484 g/mol. The smallest absolute Gasteiger partial charge is 0.319 e. The van der Waals surface area contributed by atoms with Gasteiger partial charge in [-0.25, -0.2) is 18.9 Å². The lowest BCUT2D eigenvalue weighted by Crippen LogP contribution is -2.28. The van der Waals surface area contributed by atoms with Gasteiger partial charge in [-0.2, -0.15) is 10.1 Å². The number of hydrogen-bond acceptors (Lipinski definition) is 6. The van der Waals surface area contributed by atoms with E-state index in [4.69, 9.17) is 28.3 Å². The third kappa shape index (κ3) is 6.88. The average molecular weight is 504 g/mol. The van der Waals surface area contributed by atoms with Crippen LogP contribution < -0.4 is 16.0 Å². The number of urea groups is 1. The minimum Gasteiger partial charge on any atom is -0.400 e. The largest absolute Gasteiger partial charge is 0.400 e. The Morgan fingerprint density at radius 2 is 1.97 bits per heavy atom. The van der Waals surface area contributed by atoms with E-state index in [0.717, 1.165) is 12.7 Å². The van der Waals surface area contributed by atoms with E-state index in [-0.39, 0.29) is 17.0 Å². The van der Waals surface area contributed by atoms with E-state index in [1.54, 1.807) is 24.4 Å². The van der Waals surface area contributed by atoms with Gasteiger partial charge in [0.25, 0.3) is 0 Å². The number of nitrogens with one attached hydrogen (secondary N) is 3. The summed E-state index contributed by atoms with van der Waals surface area (Å²) in [6.45, 7) is 0.327. The lowest BCUT2D eigenvalue weighted by atomic mass is 10.2. The molecule has 0 fully saturated rings. The lowest BCUT2D eigenvalue weighted by molar-refractivity contribution is 0.251. The molecule has 0 aliphatic heterocycles. The molecule has 0 unspecified atom stereocenters. The standard InChI is InChI=1S/C21H16Cl2FN7O.CH4O/c22-14-3-1-2-13(8-14)10-26-21(32)28-16-11-27-31(12-16)19-6-7-25-20(30-19)29-18-5-4-15(24)9-17(18)23;1-2/h1-9,11-12H,10H2,(H,25,29,30)(H2,26,28,32);2H,1H3. The van der Waals surface area contributed by atoms with Gasteiger partial charge in [-0.15, -0.1) is 0 Å². The fourth-order valence-electron chi connectivity index (χ4n) is 2.77. The van der Waals surface area contributed by atoms with E-state index in [9.17, 15) is 9.18 Å². The molecule has 0 radical (unpaired) electrons. The van der Waals surface area contributed by atoms with Crippen LogP contribution in [-0.2, 0) is 6.54 Å². The van der Waals surface area contributed by atoms with Crippen molar-refractivity contribution in [2.45, 2.75) is 6.54 Å². The van der Waals surface area contributed by atoms with E-state index in [2.05, 4.69) is 31.0 Å². The maximum atomic E-state index is 13.2. The molecule has 4 N–H and O–H groups in total. The third-order valence-corrected chi connectivity index (χ3v) is 4.78. The summed E-state index contributed by atoms with van der Waals surface area (Å²) >= 11 is 12.0. The molecule has 0 spiro atoms. The molecule has 34 heavy (non-hydrogen) atoms. The Morgan fingerprint density at radius 1 is 1.15 bits per heavy atom. The normalized spacial score (nSPS) is 10.1. The van der Waals surface area contributed by atoms with Crippen LogP contribution in [-0.4, -0.2) is 38.0 Å². The van der Waals surface area contributed by atoms with Crippen molar-refractivity contribution in [3.8, 4) is 5.82 Å². The number of rotatable bonds is 6. The highest BCUT2D eigenvalue weighted by atomic mass is 35.5. The zero-order valence-electron chi connectivity index (χ0n) is 17.8. The van der Waals surface area contributed by atoms with Crippen LogP contribution in [0.15, 0.2) is 67.1 Å². The molecule has 12 heteroatoms. The van der Waals surface area contributed by atoms with Gasteiger partial charge in [0.05, 0.1) is 28.8 Å². The number of aliphatic hydroxyl groups is 1. The summed E-state index contributed by atoms with van der Waals surface area (Å²) in [7, 11) is 1.00. The summed E-state index contributed by atoms with van der Waals surface area (Å²) in [6, 6.07) is 12.4. The highest BCUT2D eigenvalue weighted by molar-refractivity contribution is 6.33. The molecule has 0 aliphatic carbocycles. The third-order valence-electron chi connectivity index (χ3n) is 4.24. The molecule has 2 aromatic carbocycles. The van der Waals surface area contributed by atoms with Gasteiger partial charge in [-0.05, 0) is 35.9 Å². The number of nitrogens with zero attached hydrogens (tertiary/aromatic N) is 4. The first kappa shape index (κ1) is 24.9. The van der Waals surface area contributed by atoms with Crippen LogP contribution in [0.3, 0.4) is 0 Å². The summed E-state index contributed by atoms with van der Waals surface area (Å²) in [5, 5.41) is 20.4. The number of hydrogen-bond donors (Lipinski definition) is 4. The second-order valence-corrected chi connectivity index (χ2v) is 7.44. The van der Waals surface area contributed by atoms with Crippen molar-refractivity contribution in [2.75, 3.05) is 17.7 Å². The summed E-state index contributed by atoms with van der Waals surface area (Å²) in [4.78, 5) is 20.7. The van der Waals surface area contributed by atoms with Crippen molar-refractivity contribution in [1.82, 2.24) is 25.1 Å². The van der Waals surface area contributed by atoms with Gasteiger partial charge >= 0.3 is 6.03 Å². The van der Waals surface area contributed by atoms with E-state index >= 15 is 0 Å². The SMILES string of the molecule is CO.O=C(NCc1cccc(Cl)c1)Nc1cnn(-c2ccnc(Nc3ccc(F)cc3Cl)n2)c1. The van der Waals surface area contributed by atoms with E-state index in [1.165, 1.54) is 35.3 Å². The second kappa shape index (κ2) is 11.9. The summed E-state index contributed by atoms with van der Waals surface area (Å²) in [6.07, 6.45) is 4.63. The Hall–Kier alpha value is -3.73. The predicted octanol–water partition coefficient (Wildman–Crippen LogP) is 4.78. The monoisotopic (exact) mass is 503 g/mol. The van der Waals surface area contributed by atoms with E-state index < -0.39 is 5.82 Å². The van der Waals surface area contributed by atoms with Gasteiger partial charge in [0, 0.05) is 30.9 Å². The molecule has 2 heterocycles. The number of benzene rings is 2. The van der Waals surface area contributed by atoms with Gasteiger partial charge in [0.15, 0.2) is 5.82 Å². The van der Waals surface area contributed by atoms with Gasteiger partial charge in [-0.3, -0.25) is 0 Å². The van der Waals surface area contributed by atoms with Crippen LogP contribution >= 0.6 is 23.2 Å². The second-order valence-electron chi connectivity index (χ2n) is 6.60. The molecule has 2 aromatic heterocycles. The van der Waals surface area contributed by atoms with Crippen LogP contribution in [0.5, 0.6) is 0 Å². The minimum absolute atomic E-state index is 0.202. The molecular formula is C22H20Cl2FN7O2. The quantitative estimate of drug-likeness (QED) is 0.300. The summed E-state index contributed by atoms with van der Waals surface area (Å²) < 4.78 is 14.7. The number of carbonyl (C=O) groups excluding carboxylic acids is 1. The Labute approximate surface area is 204 Å². The maximum absolute atomic E-state index is 13.2. The van der Waals surface area contributed by atoms with Crippen molar-refractivity contribution in [3.63, 3.8) is 0 Å². The average Bonchev–Trinajstić information content (AvgIpc) is 3.30. The Bertz CT molecular complexity index is 1270. The topological polar surface area (TPSA) is 117 Å². The maximum Gasteiger partial charge on any atom is 0.319 e. The summed E-state index contributed by atoms with van der Waals surface area (Å²) in [5.74, 6) is 0.261. The van der Waals surface area contributed by atoms with Crippen LogP contribution in [0.25, 0.3) is 5.82 Å². The highest BCUT2D eigenvalue weighted by Gasteiger charge is 2.09. The number of aromatic nitrogens is 4. The molecule has 4 aromatic rings. The number of aliphatic hydroxyl groups excluding tert-OH is 1. The summed E-state index contributed by atoms with van der Waals surface area (Å²) in [5.41, 5.74) is 1.82. The molecule has 176 valence electrons. The molecule has 0 saturated heterocycles. The zero-order chi connectivity index (χ0) is 24.5. The van der Waals surface area contributed by atoms with Gasteiger partial charge < -0.3 is 21.1 Å². The van der Waals surface area contributed by atoms with Crippen LogP contribution in [0.2, 0.25) is 10.0 Å². The van der Waals surface area contributed by atoms with E-state index in [0.29, 0.717) is 28.8 Å². The van der Waals surface area contributed by atoms with Gasteiger partial charge in [-0.1, -0.05) is 35.3 Å². The van der Waals surface area contributed by atoms with Crippen molar-refractivity contribution in [2.24, 2.45) is 0 Å². The number of anilines is 3. The lowest BCUT2D eigenvalue weighted by Gasteiger charge is -2.08. The molecule has 0 aliphatic rings. The highest BCUT2D eigenvalue weighted by Crippen LogP contribution is 2.25. The first-order chi connectivity index (χ1) is 16.5. The molecule has 2 amide bonds. The van der Waals surface area contributed by atoms with Crippen molar-refractivity contribution < 1.29 is 14.3 Å². The Kier molecular flexibility index (Phi) is 8.74. The first-order valence-corrected chi connectivity index (χ1v) is 10.6. The Balaban J connectivity index is 0.00000158. The Morgan fingerprint density at radius 3 is 2.74 bits per heavy atom. The molecule has 0 atom stereocenters. The first-order valence-electron chi connectivity index (χ1n) is 9.80. The molecule has 9 nitrogen and oxygen atoms in total. The number of halogens is 3. The van der Waals surface area contributed by atoms with Crippen molar-refractivity contribution >= 4 is 46.6 Å². The molecule has 4 rings (SSSR count). The minimum atomic E-state index is -0.441. The fraction of sp³-hybridized carbons (Fsp3) is 0.0909. The van der Waals surface area contributed by atoms with Crippen molar-refractivity contribution in [3.05, 3.63) is 88.5 Å². The van der Waals surface area contributed by atoms with Crippen molar-refractivity contribution in [1.29, 1.82) is 0 Å². The fourth-order valence-corrected chi connectivity index (χ4v) is 3.19. The molecule has 0 saturated carbocycles. The van der Waals surface area contributed by atoms with Crippen LogP contribution in [0.4, 0.5) is 26.5 Å². The zero-order valence-corrected chi connectivity index (χ0v) is 19.3. The van der Waals surface area contributed by atoms with Crippen LogP contribution in [0, 0.1) is 5.82 Å². The van der Waals surface area contributed by atoms with Gasteiger partial charge in [0.2, 0.25) is 5.95 Å². The predicted molar refractivity (Wildman–Crippen MR) is 129 cm³/mol.